The lowest BCUT2D eigenvalue weighted by Gasteiger charge is -2.12. The molecule has 0 fully saturated rings. The lowest BCUT2D eigenvalue weighted by Crippen LogP contribution is -2.00. The molecule has 0 saturated heterocycles. The molecule has 20 heavy (non-hydrogen) atoms. The molecule has 0 unspecified atom stereocenters. The van der Waals surface area contributed by atoms with Gasteiger partial charge in [0.2, 0.25) is 0 Å². The Morgan fingerprint density at radius 1 is 1.15 bits per heavy atom. The van der Waals surface area contributed by atoms with Gasteiger partial charge in [-0.1, -0.05) is 0 Å². The third-order valence-corrected chi connectivity index (χ3v) is 3.45. The van der Waals surface area contributed by atoms with E-state index in [0.717, 1.165) is 23.1 Å². The summed E-state index contributed by atoms with van der Waals surface area (Å²) in [7, 11) is 1.61. The van der Waals surface area contributed by atoms with Crippen LogP contribution in [0.4, 0.5) is 0 Å². The summed E-state index contributed by atoms with van der Waals surface area (Å²) in [6, 6.07) is 7.49. The molecule has 4 nitrogen and oxygen atoms in total. The van der Waals surface area contributed by atoms with Crippen molar-refractivity contribution in [3.8, 4) is 11.5 Å². The second-order valence-corrected chi connectivity index (χ2v) is 4.73. The van der Waals surface area contributed by atoms with Gasteiger partial charge in [-0.3, -0.25) is 9.78 Å². The Balaban J connectivity index is 1.85. The zero-order valence-corrected chi connectivity index (χ0v) is 11.3. The second-order valence-electron chi connectivity index (χ2n) is 4.73. The van der Waals surface area contributed by atoms with Gasteiger partial charge in [-0.15, -0.1) is 0 Å². The molecule has 4 heteroatoms. The fraction of sp³-hybridized carbons (Fsp3) is 0.250. The maximum Gasteiger partial charge on any atom is 0.163 e. The molecule has 0 N–H and O–H groups in total. The summed E-state index contributed by atoms with van der Waals surface area (Å²) < 4.78 is 11.1. The van der Waals surface area contributed by atoms with Gasteiger partial charge >= 0.3 is 0 Å². The van der Waals surface area contributed by atoms with Crippen molar-refractivity contribution in [2.75, 3.05) is 7.11 Å². The number of benzene rings is 1. The number of methoxy groups -OCH3 is 1. The van der Waals surface area contributed by atoms with E-state index in [2.05, 4.69) is 4.98 Å². The molecule has 102 valence electrons. The van der Waals surface area contributed by atoms with E-state index in [4.69, 9.17) is 9.47 Å². The molecule has 0 aliphatic heterocycles. The smallest absolute Gasteiger partial charge is 0.163 e. The molecule has 0 atom stereocenters. The normalized spacial score (nSPS) is 13.2. The van der Waals surface area contributed by atoms with Crippen LogP contribution in [0, 0.1) is 0 Å². The molecular weight excluding hydrogens is 254 g/mol. The van der Waals surface area contributed by atoms with E-state index in [1.54, 1.807) is 25.6 Å². The van der Waals surface area contributed by atoms with Crippen LogP contribution in [0.15, 0.2) is 36.7 Å². The topological polar surface area (TPSA) is 48.4 Å². The van der Waals surface area contributed by atoms with Gasteiger partial charge in [0, 0.05) is 24.4 Å². The van der Waals surface area contributed by atoms with E-state index in [-0.39, 0.29) is 5.78 Å². The summed E-state index contributed by atoms with van der Waals surface area (Å²) in [6.45, 7) is 0.422. The first-order chi connectivity index (χ1) is 9.78. The van der Waals surface area contributed by atoms with Crippen LogP contribution in [0.25, 0.3) is 0 Å². The number of aromatic nitrogens is 1. The number of carbonyl (C=O) groups excluding carboxylic acids is 1. The Morgan fingerprint density at radius 2 is 1.95 bits per heavy atom. The monoisotopic (exact) mass is 269 g/mol. The van der Waals surface area contributed by atoms with Crippen LogP contribution in [0.3, 0.4) is 0 Å². The number of rotatable bonds is 4. The molecule has 1 aliphatic carbocycles. The first kappa shape index (κ1) is 12.7. The van der Waals surface area contributed by atoms with Crippen molar-refractivity contribution in [2.24, 2.45) is 0 Å². The van der Waals surface area contributed by atoms with Crippen LogP contribution < -0.4 is 9.47 Å². The maximum atomic E-state index is 11.8. The van der Waals surface area contributed by atoms with Gasteiger partial charge in [0.1, 0.15) is 6.61 Å². The number of aryl methyl sites for hydroxylation is 1. The molecule has 2 aromatic rings. The van der Waals surface area contributed by atoms with Crippen LogP contribution >= 0.6 is 0 Å². The van der Waals surface area contributed by atoms with Crippen LogP contribution in [0.5, 0.6) is 11.5 Å². The quantitative estimate of drug-likeness (QED) is 0.856. The van der Waals surface area contributed by atoms with E-state index in [0.29, 0.717) is 24.5 Å². The first-order valence-electron chi connectivity index (χ1n) is 6.54. The molecule has 1 heterocycles. The van der Waals surface area contributed by atoms with E-state index < -0.39 is 0 Å². The minimum atomic E-state index is 0.177. The molecule has 1 aromatic heterocycles. The predicted molar refractivity (Wildman–Crippen MR) is 74.2 cm³/mol. The summed E-state index contributed by atoms with van der Waals surface area (Å²) in [4.78, 5) is 15.8. The fourth-order valence-electron chi connectivity index (χ4n) is 2.36. The summed E-state index contributed by atoms with van der Waals surface area (Å²) in [5.74, 6) is 1.46. The Labute approximate surface area is 117 Å². The molecule has 0 bridgehead atoms. The van der Waals surface area contributed by atoms with Crippen molar-refractivity contribution in [2.45, 2.75) is 19.4 Å². The first-order valence-corrected chi connectivity index (χ1v) is 6.54. The molecule has 0 spiro atoms. The predicted octanol–water partition coefficient (Wildman–Crippen LogP) is 2.80. The van der Waals surface area contributed by atoms with E-state index >= 15 is 0 Å². The maximum absolute atomic E-state index is 11.8. The summed E-state index contributed by atoms with van der Waals surface area (Å²) >= 11 is 0. The number of pyridine rings is 1. The van der Waals surface area contributed by atoms with Crippen LogP contribution in [-0.4, -0.2) is 17.9 Å². The minimum absolute atomic E-state index is 0.177. The summed E-state index contributed by atoms with van der Waals surface area (Å²) in [6.07, 6.45) is 4.81. The van der Waals surface area contributed by atoms with Gasteiger partial charge in [0.25, 0.3) is 0 Å². The van der Waals surface area contributed by atoms with Gasteiger partial charge in [-0.2, -0.15) is 0 Å². The Hall–Kier alpha value is -2.36. The van der Waals surface area contributed by atoms with Gasteiger partial charge in [0.15, 0.2) is 17.3 Å². The lowest BCUT2D eigenvalue weighted by molar-refractivity contribution is 0.0994. The number of hydrogen-bond acceptors (Lipinski definition) is 4. The van der Waals surface area contributed by atoms with Crippen molar-refractivity contribution in [1.82, 2.24) is 4.98 Å². The zero-order valence-electron chi connectivity index (χ0n) is 11.3. The molecular formula is C16H15NO3. The number of nitrogens with zero attached hydrogens (tertiary/aromatic N) is 1. The SMILES string of the molecule is COc1cc2c(cc1OCc1ccncc1)C(=O)CC2. The average molecular weight is 269 g/mol. The van der Waals surface area contributed by atoms with Gasteiger partial charge in [-0.05, 0) is 41.8 Å². The highest BCUT2D eigenvalue weighted by molar-refractivity contribution is 6.01. The molecule has 1 aliphatic rings. The van der Waals surface area contributed by atoms with Gasteiger partial charge in [0.05, 0.1) is 7.11 Å². The summed E-state index contributed by atoms with van der Waals surface area (Å²) in [5, 5.41) is 0. The molecule has 1 aromatic carbocycles. The number of fused-ring (bicyclic) bond motifs is 1. The van der Waals surface area contributed by atoms with Gasteiger partial charge in [-0.25, -0.2) is 0 Å². The standard InChI is InChI=1S/C16H15NO3/c1-19-15-8-12-2-3-14(18)13(12)9-16(15)20-10-11-4-6-17-7-5-11/h4-9H,2-3,10H2,1H3. The number of Topliss-reactive ketones (excluding diaryl/α,β-unsaturated/α-hetero) is 1. The zero-order chi connectivity index (χ0) is 13.9. The number of hydrogen-bond donors (Lipinski definition) is 0. The lowest BCUT2D eigenvalue weighted by atomic mass is 10.1. The van der Waals surface area contributed by atoms with Crippen LogP contribution in [0.1, 0.15) is 27.9 Å². The van der Waals surface area contributed by atoms with Crippen LogP contribution in [-0.2, 0) is 13.0 Å². The van der Waals surface area contributed by atoms with Crippen molar-refractivity contribution >= 4 is 5.78 Å². The van der Waals surface area contributed by atoms with Crippen molar-refractivity contribution in [1.29, 1.82) is 0 Å². The fourth-order valence-corrected chi connectivity index (χ4v) is 2.36. The number of ether oxygens (including phenoxy) is 2. The third kappa shape index (κ3) is 2.37. The van der Waals surface area contributed by atoms with Crippen molar-refractivity contribution < 1.29 is 14.3 Å². The highest BCUT2D eigenvalue weighted by Gasteiger charge is 2.22. The highest BCUT2D eigenvalue weighted by atomic mass is 16.5. The largest absolute Gasteiger partial charge is 0.493 e. The molecule has 0 saturated carbocycles. The molecule has 0 radical (unpaired) electrons. The Bertz CT molecular complexity index is 638. The molecule has 3 rings (SSSR count). The molecule has 0 amide bonds. The summed E-state index contributed by atoms with van der Waals surface area (Å²) in [5.41, 5.74) is 2.83. The van der Waals surface area contributed by atoms with E-state index in [1.165, 1.54) is 0 Å². The van der Waals surface area contributed by atoms with Gasteiger partial charge < -0.3 is 9.47 Å². The minimum Gasteiger partial charge on any atom is -0.493 e. The Morgan fingerprint density at radius 3 is 2.70 bits per heavy atom. The number of carbonyl (C=O) groups is 1. The third-order valence-electron chi connectivity index (χ3n) is 3.45. The second kappa shape index (κ2) is 5.33. The average Bonchev–Trinajstić information content (AvgIpc) is 2.86. The van der Waals surface area contributed by atoms with E-state index in [1.807, 2.05) is 18.2 Å². The highest BCUT2D eigenvalue weighted by Crippen LogP contribution is 2.35. The van der Waals surface area contributed by atoms with Crippen molar-refractivity contribution in [3.05, 3.63) is 53.3 Å². The number of ketones is 1. The van der Waals surface area contributed by atoms with E-state index in [9.17, 15) is 4.79 Å². The van der Waals surface area contributed by atoms with Crippen LogP contribution in [0.2, 0.25) is 0 Å². The van der Waals surface area contributed by atoms with Crippen molar-refractivity contribution in [3.63, 3.8) is 0 Å². The Kier molecular flexibility index (Phi) is 3.37.